The van der Waals surface area contributed by atoms with Crippen molar-refractivity contribution in [3.8, 4) is 0 Å². The summed E-state index contributed by atoms with van der Waals surface area (Å²) in [6, 6.07) is 25.6. The second-order valence-corrected chi connectivity index (χ2v) is 8.43. The Morgan fingerprint density at radius 2 is 1.34 bits per heavy atom. The van der Waals surface area contributed by atoms with Crippen LogP contribution in [0, 0.1) is 11.6 Å². The van der Waals surface area contributed by atoms with E-state index >= 15 is 0 Å². The Morgan fingerprint density at radius 1 is 0.724 bits per heavy atom. The van der Waals surface area contributed by atoms with Crippen molar-refractivity contribution in [3.63, 3.8) is 0 Å². The molecule has 5 rings (SSSR count). The van der Waals surface area contributed by atoms with Gasteiger partial charge in [-0.3, -0.25) is 4.90 Å². The highest BCUT2D eigenvalue weighted by atomic mass is 19.1. The van der Waals surface area contributed by atoms with Gasteiger partial charge in [-0.25, -0.2) is 8.78 Å². The fraction of sp³-hybridized carbons (Fsp3) is 0.308. The molecule has 0 radical (unpaired) electrons. The highest BCUT2D eigenvalue weighted by molar-refractivity contribution is 5.34. The van der Waals surface area contributed by atoms with Crippen molar-refractivity contribution in [2.24, 2.45) is 0 Å². The Balaban J connectivity index is 1.52. The maximum atomic E-state index is 13.6. The van der Waals surface area contributed by atoms with Crippen LogP contribution in [0.5, 0.6) is 0 Å². The third-order valence-electron chi connectivity index (χ3n) is 6.83. The molecule has 0 saturated carbocycles. The van der Waals surface area contributed by atoms with Crippen LogP contribution in [0.25, 0.3) is 0 Å². The minimum absolute atomic E-state index is 0.198. The maximum absolute atomic E-state index is 13.6. The third-order valence-corrected chi connectivity index (χ3v) is 6.83. The van der Waals surface area contributed by atoms with Crippen LogP contribution in [-0.4, -0.2) is 17.0 Å². The van der Waals surface area contributed by atoms with Crippen molar-refractivity contribution >= 4 is 0 Å². The van der Waals surface area contributed by atoms with Crippen molar-refractivity contribution in [1.82, 2.24) is 4.90 Å². The van der Waals surface area contributed by atoms with Crippen LogP contribution in [0.15, 0.2) is 78.9 Å². The van der Waals surface area contributed by atoms with Crippen LogP contribution in [0.4, 0.5) is 8.78 Å². The van der Waals surface area contributed by atoms with Crippen LogP contribution < -0.4 is 0 Å². The molecule has 2 saturated heterocycles. The number of fused-ring (bicyclic) bond motifs is 2. The molecule has 3 aromatic carbocycles. The van der Waals surface area contributed by atoms with Crippen LogP contribution in [0.1, 0.15) is 47.8 Å². The quantitative estimate of drug-likeness (QED) is 0.508. The largest absolute Gasteiger partial charge is 0.293 e. The molecule has 2 aliphatic heterocycles. The lowest BCUT2D eigenvalue weighted by Crippen LogP contribution is -2.46. The fourth-order valence-corrected chi connectivity index (χ4v) is 5.55. The van der Waals surface area contributed by atoms with Gasteiger partial charge in [-0.2, -0.15) is 0 Å². The molecule has 29 heavy (non-hydrogen) atoms. The standard InChI is InChI=1S/C26H25F2N/c27-21-10-6-19(7-11-21)24-16-23-14-15-25(26(24)20-8-12-22(28)13-9-20)29(23)17-18-4-2-1-3-5-18/h1-13,23-26H,14-17H2/t23-,24+,25?,26?/m1/s1. The summed E-state index contributed by atoms with van der Waals surface area (Å²) in [5.74, 6) is 0.207. The minimum atomic E-state index is -0.201. The van der Waals surface area contributed by atoms with Crippen molar-refractivity contribution in [3.05, 3.63) is 107 Å². The Morgan fingerprint density at radius 3 is 2.00 bits per heavy atom. The van der Waals surface area contributed by atoms with Gasteiger partial charge in [-0.05, 0) is 66.1 Å². The van der Waals surface area contributed by atoms with Crippen molar-refractivity contribution in [1.29, 1.82) is 0 Å². The molecule has 3 aromatic rings. The van der Waals surface area contributed by atoms with Crippen LogP contribution in [0.2, 0.25) is 0 Å². The number of hydrogen-bond acceptors (Lipinski definition) is 1. The molecule has 0 aliphatic carbocycles. The lowest BCUT2D eigenvalue weighted by atomic mass is 9.72. The van der Waals surface area contributed by atoms with Crippen molar-refractivity contribution < 1.29 is 8.78 Å². The van der Waals surface area contributed by atoms with Crippen LogP contribution in [0.3, 0.4) is 0 Å². The number of rotatable bonds is 4. The van der Waals surface area contributed by atoms with Crippen molar-refractivity contribution in [2.75, 3.05) is 0 Å². The van der Waals surface area contributed by atoms with Gasteiger partial charge in [0.2, 0.25) is 0 Å². The number of benzene rings is 3. The topological polar surface area (TPSA) is 3.24 Å². The Labute approximate surface area is 171 Å². The van der Waals surface area contributed by atoms with E-state index in [0.29, 0.717) is 18.0 Å². The molecule has 0 aromatic heterocycles. The monoisotopic (exact) mass is 389 g/mol. The highest BCUT2D eigenvalue weighted by Gasteiger charge is 2.47. The van der Waals surface area contributed by atoms with E-state index in [2.05, 4.69) is 35.2 Å². The van der Waals surface area contributed by atoms with Gasteiger partial charge in [-0.15, -0.1) is 0 Å². The highest BCUT2D eigenvalue weighted by Crippen LogP contribution is 2.51. The summed E-state index contributed by atoms with van der Waals surface area (Å²) < 4.78 is 27.2. The normalized spacial score (nSPS) is 26.6. The summed E-state index contributed by atoms with van der Waals surface area (Å²) in [7, 11) is 0. The lowest BCUT2D eigenvalue weighted by molar-refractivity contribution is 0.0980. The zero-order valence-electron chi connectivity index (χ0n) is 16.3. The zero-order chi connectivity index (χ0) is 19.8. The molecular formula is C26H25F2N. The first kappa shape index (κ1) is 18.5. The van der Waals surface area contributed by atoms with Gasteiger partial charge >= 0.3 is 0 Å². The molecular weight excluding hydrogens is 364 g/mol. The molecule has 148 valence electrons. The summed E-state index contributed by atoms with van der Waals surface area (Å²) in [4.78, 5) is 2.66. The van der Waals surface area contributed by atoms with Gasteiger partial charge in [0.1, 0.15) is 11.6 Å². The van der Waals surface area contributed by atoms with Gasteiger partial charge < -0.3 is 0 Å². The SMILES string of the molecule is Fc1ccc(C2C3CC[C@H](C[C@H]2c2ccc(F)cc2)N3Cc2ccccc2)cc1. The first-order valence-corrected chi connectivity index (χ1v) is 10.5. The van der Waals surface area contributed by atoms with E-state index in [1.807, 2.05) is 24.3 Å². The predicted molar refractivity (Wildman–Crippen MR) is 112 cm³/mol. The van der Waals surface area contributed by atoms with Crippen LogP contribution >= 0.6 is 0 Å². The molecule has 4 atom stereocenters. The zero-order valence-corrected chi connectivity index (χ0v) is 16.3. The summed E-state index contributed by atoms with van der Waals surface area (Å²) in [6.45, 7) is 0.948. The first-order valence-electron chi connectivity index (χ1n) is 10.5. The van der Waals surface area contributed by atoms with E-state index in [4.69, 9.17) is 0 Å². The van der Waals surface area contributed by atoms with Gasteiger partial charge in [-0.1, -0.05) is 54.6 Å². The molecule has 2 heterocycles. The number of halogens is 2. The summed E-state index contributed by atoms with van der Waals surface area (Å²) in [6.07, 6.45) is 3.39. The van der Waals surface area contributed by atoms with Gasteiger partial charge in [0.05, 0.1) is 0 Å². The summed E-state index contributed by atoms with van der Waals surface area (Å²) in [5, 5.41) is 0. The lowest BCUT2D eigenvalue weighted by Gasteiger charge is -2.45. The molecule has 2 bridgehead atoms. The number of piperidine rings is 1. The Bertz CT molecular complexity index is 952. The van der Waals surface area contributed by atoms with Crippen LogP contribution in [-0.2, 0) is 6.54 Å². The molecule has 2 unspecified atom stereocenters. The Hall–Kier alpha value is -2.52. The molecule has 1 nitrogen and oxygen atoms in total. The average Bonchev–Trinajstić information content (AvgIpc) is 3.01. The van der Waals surface area contributed by atoms with E-state index in [0.717, 1.165) is 19.4 Å². The van der Waals surface area contributed by atoms with Gasteiger partial charge in [0.25, 0.3) is 0 Å². The smallest absolute Gasteiger partial charge is 0.123 e. The van der Waals surface area contributed by atoms with E-state index in [1.54, 1.807) is 24.3 Å². The molecule has 2 fully saturated rings. The molecule has 0 amide bonds. The second-order valence-electron chi connectivity index (χ2n) is 8.43. The number of hydrogen-bond donors (Lipinski definition) is 0. The molecule has 0 N–H and O–H groups in total. The fourth-order valence-electron chi connectivity index (χ4n) is 5.55. The minimum Gasteiger partial charge on any atom is -0.293 e. The van der Waals surface area contributed by atoms with Crippen molar-refractivity contribution in [2.45, 2.75) is 49.7 Å². The molecule has 2 aliphatic rings. The maximum Gasteiger partial charge on any atom is 0.123 e. The van der Waals surface area contributed by atoms with E-state index in [-0.39, 0.29) is 17.6 Å². The third kappa shape index (κ3) is 3.60. The average molecular weight is 389 g/mol. The van der Waals surface area contributed by atoms with Gasteiger partial charge in [0, 0.05) is 24.5 Å². The van der Waals surface area contributed by atoms with E-state index in [9.17, 15) is 8.78 Å². The van der Waals surface area contributed by atoms with E-state index in [1.165, 1.54) is 23.1 Å². The number of nitrogens with zero attached hydrogens (tertiary/aromatic N) is 1. The first-order chi connectivity index (χ1) is 14.2. The Kier molecular flexibility index (Phi) is 4.92. The van der Waals surface area contributed by atoms with Gasteiger partial charge in [0.15, 0.2) is 0 Å². The second kappa shape index (κ2) is 7.72. The van der Waals surface area contributed by atoms with E-state index < -0.39 is 0 Å². The molecule has 0 spiro atoms. The predicted octanol–water partition coefficient (Wildman–Crippen LogP) is 6.27. The summed E-state index contributed by atoms with van der Waals surface area (Å²) >= 11 is 0. The summed E-state index contributed by atoms with van der Waals surface area (Å²) in [5.41, 5.74) is 3.71. The molecule has 3 heteroatoms.